The summed E-state index contributed by atoms with van der Waals surface area (Å²) < 4.78 is 40.3. The van der Waals surface area contributed by atoms with E-state index in [9.17, 15) is 13.2 Å². The molecule has 0 saturated carbocycles. The molecule has 0 unspecified atom stereocenters. The Morgan fingerprint density at radius 1 is 1.12 bits per heavy atom. The predicted molar refractivity (Wildman–Crippen MR) is 58.9 cm³/mol. The van der Waals surface area contributed by atoms with Gasteiger partial charge in [0, 0.05) is 17.3 Å². The third-order valence-electron chi connectivity index (χ3n) is 3.22. The van der Waals surface area contributed by atoms with E-state index >= 15 is 0 Å². The normalized spacial score (nSPS) is 17.1. The van der Waals surface area contributed by atoms with Crippen molar-refractivity contribution in [3.63, 3.8) is 0 Å². The molecule has 1 aliphatic carbocycles. The molecule has 0 spiro atoms. The third-order valence-corrected chi connectivity index (χ3v) is 3.22. The Morgan fingerprint density at radius 2 is 1.76 bits per heavy atom. The van der Waals surface area contributed by atoms with E-state index in [-0.39, 0.29) is 6.04 Å². The minimum Gasteiger partial charge on any atom is -0.266 e. The molecule has 0 bridgehead atoms. The van der Waals surface area contributed by atoms with Gasteiger partial charge in [0.15, 0.2) is 5.69 Å². The van der Waals surface area contributed by atoms with Crippen molar-refractivity contribution in [2.75, 3.05) is 0 Å². The maximum absolute atomic E-state index is 12.9. The summed E-state index contributed by atoms with van der Waals surface area (Å²) in [6, 6.07) is -0.0158. The molecule has 0 fully saturated rings. The van der Waals surface area contributed by atoms with E-state index in [0.717, 1.165) is 31.4 Å². The predicted octanol–water partition coefficient (Wildman–Crippen LogP) is 3.75. The molecule has 2 rings (SSSR count). The number of hydrogen-bond acceptors (Lipinski definition) is 1. The van der Waals surface area contributed by atoms with Gasteiger partial charge in [-0.15, -0.1) is 0 Å². The van der Waals surface area contributed by atoms with Crippen molar-refractivity contribution >= 4 is 0 Å². The third kappa shape index (κ3) is 2.33. The molecule has 2 nitrogen and oxygen atoms in total. The highest BCUT2D eigenvalue weighted by Crippen LogP contribution is 2.36. The van der Waals surface area contributed by atoms with Crippen LogP contribution in [0, 0.1) is 0 Å². The lowest BCUT2D eigenvalue weighted by Gasteiger charge is -2.10. The summed E-state index contributed by atoms with van der Waals surface area (Å²) in [6.45, 7) is 3.75. The molecule has 1 heterocycles. The van der Waals surface area contributed by atoms with Gasteiger partial charge >= 0.3 is 6.18 Å². The van der Waals surface area contributed by atoms with Crippen LogP contribution in [0.1, 0.15) is 56.1 Å². The molecule has 1 aromatic rings. The first-order valence-corrected chi connectivity index (χ1v) is 6.08. The zero-order valence-electron chi connectivity index (χ0n) is 10.1. The highest BCUT2D eigenvalue weighted by Gasteiger charge is 2.39. The van der Waals surface area contributed by atoms with Crippen LogP contribution >= 0.6 is 0 Å². The molecule has 96 valence electrons. The standard InChI is InChI=1S/C12H17F3N2/c1-8(2)17-10-7-5-3-4-6-9(10)11(16-17)12(13,14)15/h8H,3-7H2,1-2H3. The number of nitrogens with zero attached hydrogens (tertiary/aromatic N) is 2. The van der Waals surface area contributed by atoms with Gasteiger partial charge in [0.05, 0.1) is 0 Å². The van der Waals surface area contributed by atoms with Crippen molar-refractivity contribution in [1.29, 1.82) is 0 Å². The van der Waals surface area contributed by atoms with Gasteiger partial charge in [0.25, 0.3) is 0 Å². The quantitative estimate of drug-likeness (QED) is 0.690. The Balaban J connectivity index is 2.54. The van der Waals surface area contributed by atoms with Crippen molar-refractivity contribution in [3.05, 3.63) is 17.0 Å². The van der Waals surface area contributed by atoms with Crippen molar-refractivity contribution < 1.29 is 13.2 Å². The van der Waals surface area contributed by atoms with Gasteiger partial charge in [-0.3, -0.25) is 4.68 Å². The van der Waals surface area contributed by atoms with Crippen molar-refractivity contribution in [2.45, 2.75) is 58.2 Å². The molecule has 1 aromatic heterocycles. The van der Waals surface area contributed by atoms with Crippen molar-refractivity contribution in [1.82, 2.24) is 9.78 Å². The molecule has 1 aliphatic rings. The van der Waals surface area contributed by atoms with Gasteiger partial charge in [-0.05, 0) is 39.5 Å². The molecule has 0 radical (unpaired) electrons. The molecule has 5 heteroatoms. The number of aromatic nitrogens is 2. The fourth-order valence-electron chi connectivity index (χ4n) is 2.46. The maximum atomic E-state index is 12.9. The monoisotopic (exact) mass is 246 g/mol. The van der Waals surface area contributed by atoms with Crippen LogP contribution in [-0.2, 0) is 19.0 Å². The molecule has 0 aliphatic heterocycles. The maximum Gasteiger partial charge on any atom is 0.435 e. The highest BCUT2D eigenvalue weighted by atomic mass is 19.4. The van der Waals surface area contributed by atoms with Gasteiger partial charge in [0.2, 0.25) is 0 Å². The highest BCUT2D eigenvalue weighted by molar-refractivity contribution is 5.30. The number of alkyl halides is 3. The van der Waals surface area contributed by atoms with Gasteiger partial charge in [0.1, 0.15) is 0 Å². The first-order chi connectivity index (χ1) is 7.91. The van der Waals surface area contributed by atoms with Gasteiger partial charge in [-0.25, -0.2) is 0 Å². The second-order valence-corrected chi connectivity index (χ2v) is 4.87. The molecular formula is C12H17F3N2. The Morgan fingerprint density at radius 3 is 2.35 bits per heavy atom. The Labute approximate surface area is 98.8 Å². The first-order valence-electron chi connectivity index (χ1n) is 6.08. The first kappa shape index (κ1) is 12.5. The van der Waals surface area contributed by atoms with E-state index in [2.05, 4.69) is 5.10 Å². The number of rotatable bonds is 1. The summed E-state index contributed by atoms with van der Waals surface area (Å²) in [7, 11) is 0. The van der Waals surface area contributed by atoms with Crippen molar-refractivity contribution in [3.8, 4) is 0 Å². The number of halogens is 3. The topological polar surface area (TPSA) is 17.8 Å². The summed E-state index contributed by atoms with van der Waals surface area (Å²) in [6.07, 6.45) is -0.297. The van der Waals surface area contributed by atoms with E-state index in [0.29, 0.717) is 12.0 Å². The molecular weight excluding hydrogens is 229 g/mol. The fraction of sp³-hybridized carbons (Fsp3) is 0.750. The van der Waals surface area contributed by atoms with Crippen LogP contribution in [0.4, 0.5) is 13.2 Å². The van der Waals surface area contributed by atoms with Crippen LogP contribution in [-0.4, -0.2) is 9.78 Å². The molecule has 0 amide bonds. The lowest BCUT2D eigenvalue weighted by molar-refractivity contribution is -0.142. The lowest BCUT2D eigenvalue weighted by Crippen LogP contribution is -2.11. The van der Waals surface area contributed by atoms with Gasteiger partial charge in [-0.2, -0.15) is 18.3 Å². The second-order valence-electron chi connectivity index (χ2n) is 4.87. The Hall–Kier alpha value is -1.00. The van der Waals surface area contributed by atoms with Crippen LogP contribution in [0.5, 0.6) is 0 Å². The SMILES string of the molecule is CC(C)n1nc(C(F)(F)F)c2c1CCCCC2. The summed E-state index contributed by atoms with van der Waals surface area (Å²) in [5, 5.41) is 3.80. The molecule has 0 aromatic carbocycles. The van der Waals surface area contributed by atoms with E-state index in [1.54, 1.807) is 4.68 Å². The largest absolute Gasteiger partial charge is 0.435 e. The van der Waals surface area contributed by atoms with Crippen molar-refractivity contribution in [2.24, 2.45) is 0 Å². The second kappa shape index (κ2) is 4.35. The van der Waals surface area contributed by atoms with E-state index in [1.165, 1.54) is 0 Å². The van der Waals surface area contributed by atoms with E-state index in [1.807, 2.05) is 13.8 Å². The Kier molecular flexibility index (Phi) is 3.19. The summed E-state index contributed by atoms with van der Waals surface area (Å²) >= 11 is 0. The van der Waals surface area contributed by atoms with Gasteiger partial charge < -0.3 is 0 Å². The molecule has 17 heavy (non-hydrogen) atoms. The summed E-state index contributed by atoms with van der Waals surface area (Å²) in [4.78, 5) is 0. The van der Waals surface area contributed by atoms with Gasteiger partial charge in [-0.1, -0.05) is 6.42 Å². The average Bonchev–Trinajstić information content (AvgIpc) is 2.42. The lowest BCUT2D eigenvalue weighted by atomic mass is 10.1. The number of hydrogen-bond donors (Lipinski definition) is 0. The molecule has 0 N–H and O–H groups in total. The fourth-order valence-corrected chi connectivity index (χ4v) is 2.46. The van der Waals surface area contributed by atoms with Crippen LogP contribution in [0.3, 0.4) is 0 Å². The van der Waals surface area contributed by atoms with E-state index in [4.69, 9.17) is 0 Å². The minimum atomic E-state index is -4.32. The average molecular weight is 246 g/mol. The zero-order chi connectivity index (χ0) is 12.6. The molecule has 0 atom stereocenters. The smallest absolute Gasteiger partial charge is 0.266 e. The van der Waals surface area contributed by atoms with Crippen LogP contribution < -0.4 is 0 Å². The van der Waals surface area contributed by atoms with Crippen LogP contribution in [0.2, 0.25) is 0 Å². The van der Waals surface area contributed by atoms with E-state index < -0.39 is 11.9 Å². The zero-order valence-corrected chi connectivity index (χ0v) is 10.1. The molecule has 0 saturated heterocycles. The Bertz CT molecular complexity index is 405. The minimum absolute atomic E-state index is 0.0158. The summed E-state index contributed by atoms with van der Waals surface area (Å²) in [5.41, 5.74) is 0.566. The van der Waals surface area contributed by atoms with Crippen LogP contribution in [0.25, 0.3) is 0 Å². The van der Waals surface area contributed by atoms with Crippen LogP contribution in [0.15, 0.2) is 0 Å². The summed E-state index contributed by atoms with van der Waals surface area (Å²) in [5.74, 6) is 0. The number of fused-ring (bicyclic) bond motifs is 1.